The third-order valence-electron chi connectivity index (χ3n) is 4.82. The normalized spacial score (nSPS) is 13.6. The fraction of sp³-hybridized carbons (Fsp3) is 0.200. The Bertz CT molecular complexity index is 1300. The first-order valence-corrected chi connectivity index (χ1v) is 12.0. The Hall–Kier alpha value is -2.33. The van der Waals surface area contributed by atoms with E-state index in [0.717, 1.165) is 33.8 Å². The minimum Gasteiger partial charge on any atom is -0.397 e. The summed E-state index contributed by atoms with van der Waals surface area (Å²) in [7, 11) is 0. The standard InChI is InChI=1S/C20H16Cl2N6OS2/c21-13-6-3-10(8-14(13)22)25-15(29)9-30-20-27-26-18(28(20)11-4-5-11)17-16(23)12-2-1-7-24-19(12)31-17/h1-3,6-8,11H,4-5,9,23H2,(H,25,29). The molecular weight excluding hydrogens is 475 g/mol. The molecule has 1 saturated carbocycles. The number of rotatable bonds is 6. The fourth-order valence-electron chi connectivity index (χ4n) is 3.21. The Morgan fingerprint density at radius 2 is 2.10 bits per heavy atom. The number of nitrogen functional groups attached to an aromatic ring is 1. The first-order chi connectivity index (χ1) is 15.0. The van der Waals surface area contributed by atoms with Crippen molar-refractivity contribution in [1.29, 1.82) is 0 Å². The number of amides is 1. The molecule has 1 aliphatic carbocycles. The number of carbonyl (C=O) groups excluding carboxylic acids is 1. The summed E-state index contributed by atoms with van der Waals surface area (Å²) < 4.78 is 2.10. The maximum absolute atomic E-state index is 12.4. The Kier molecular flexibility index (Phi) is 5.51. The number of halogens is 2. The lowest BCUT2D eigenvalue weighted by Crippen LogP contribution is -2.14. The van der Waals surface area contributed by atoms with Gasteiger partial charge in [-0.2, -0.15) is 0 Å². The molecule has 1 aliphatic rings. The maximum Gasteiger partial charge on any atom is 0.234 e. The number of aromatic nitrogens is 4. The van der Waals surface area contributed by atoms with Crippen LogP contribution < -0.4 is 11.1 Å². The minimum absolute atomic E-state index is 0.166. The molecule has 158 valence electrons. The van der Waals surface area contributed by atoms with E-state index in [1.165, 1.54) is 23.1 Å². The van der Waals surface area contributed by atoms with Crippen molar-refractivity contribution in [3.05, 3.63) is 46.6 Å². The van der Waals surface area contributed by atoms with Crippen molar-refractivity contribution in [2.24, 2.45) is 0 Å². The molecular formula is C20H16Cl2N6OS2. The zero-order chi connectivity index (χ0) is 21.5. The summed E-state index contributed by atoms with van der Waals surface area (Å²) in [5, 5.41) is 14.0. The van der Waals surface area contributed by atoms with Crippen LogP contribution in [0.5, 0.6) is 0 Å². The van der Waals surface area contributed by atoms with Gasteiger partial charge in [0.1, 0.15) is 4.83 Å². The minimum atomic E-state index is -0.166. The lowest BCUT2D eigenvalue weighted by molar-refractivity contribution is -0.113. The van der Waals surface area contributed by atoms with Crippen LogP contribution in [0.25, 0.3) is 20.9 Å². The highest BCUT2D eigenvalue weighted by Crippen LogP contribution is 2.45. The maximum atomic E-state index is 12.4. The topological polar surface area (TPSA) is 98.7 Å². The number of nitrogens with zero attached hydrogens (tertiary/aromatic N) is 4. The second-order valence-electron chi connectivity index (χ2n) is 7.07. The van der Waals surface area contributed by atoms with Crippen LogP contribution in [0, 0.1) is 0 Å². The van der Waals surface area contributed by atoms with Crippen LogP contribution in [0.15, 0.2) is 41.7 Å². The van der Waals surface area contributed by atoms with Crippen molar-refractivity contribution in [3.63, 3.8) is 0 Å². The summed E-state index contributed by atoms with van der Waals surface area (Å²) in [4.78, 5) is 18.6. The molecule has 7 nitrogen and oxygen atoms in total. The number of pyridine rings is 1. The smallest absolute Gasteiger partial charge is 0.234 e. The average molecular weight is 491 g/mol. The lowest BCUT2D eigenvalue weighted by Gasteiger charge is -2.09. The molecule has 0 unspecified atom stereocenters. The first kappa shape index (κ1) is 20.6. The first-order valence-electron chi connectivity index (χ1n) is 9.47. The number of hydrogen-bond donors (Lipinski definition) is 2. The Morgan fingerprint density at radius 1 is 1.26 bits per heavy atom. The molecule has 3 N–H and O–H groups in total. The van der Waals surface area contributed by atoms with E-state index < -0.39 is 0 Å². The number of anilines is 2. The average Bonchev–Trinajstić information content (AvgIpc) is 3.43. The molecule has 4 aromatic rings. The number of carbonyl (C=O) groups is 1. The van der Waals surface area contributed by atoms with Crippen molar-refractivity contribution < 1.29 is 4.79 Å². The molecule has 1 aromatic carbocycles. The Morgan fingerprint density at radius 3 is 2.84 bits per heavy atom. The van der Waals surface area contributed by atoms with Gasteiger partial charge in [0.2, 0.25) is 5.91 Å². The molecule has 0 radical (unpaired) electrons. The molecule has 3 aromatic heterocycles. The molecule has 31 heavy (non-hydrogen) atoms. The van der Waals surface area contributed by atoms with Crippen molar-refractivity contribution in [2.75, 3.05) is 16.8 Å². The van der Waals surface area contributed by atoms with E-state index in [1.807, 2.05) is 12.1 Å². The highest BCUT2D eigenvalue weighted by Gasteiger charge is 2.32. The Labute approximate surface area is 196 Å². The van der Waals surface area contributed by atoms with Crippen LogP contribution in [0.1, 0.15) is 18.9 Å². The van der Waals surface area contributed by atoms with Gasteiger partial charge in [0, 0.05) is 23.3 Å². The van der Waals surface area contributed by atoms with Gasteiger partial charge in [0.25, 0.3) is 0 Å². The summed E-state index contributed by atoms with van der Waals surface area (Å²) in [6.45, 7) is 0. The van der Waals surface area contributed by atoms with Crippen molar-refractivity contribution in [1.82, 2.24) is 19.7 Å². The van der Waals surface area contributed by atoms with Crippen molar-refractivity contribution >= 4 is 73.8 Å². The lowest BCUT2D eigenvalue weighted by atomic mass is 10.2. The zero-order valence-corrected chi connectivity index (χ0v) is 19.2. The van der Waals surface area contributed by atoms with Gasteiger partial charge in [-0.1, -0.05) is 35.0 Å². The number of thiophene rings is 1. The molecule has 0 spiro atoms. The summed E-state index contributed by atoms with van der Waals surface area (Å²) in [5.74, 6) is 0.755. The summed E-state index contributed by atoms with van der Waals surface area (Å²) in [6, 6.07) is 9.12. The van der Waals surface area contributed by atoms with E-state index in [2.05, 4.69) is 25.1 Å². The van der Waals surface area contributed by atoms with E-state index in [4.69, 9.17) is 28.9 Å². The second kappa shape index (κ2) is 8.31. The molecule has 0 saturated heterocycles. The predicted molar refractivity (Wildman–Crippen MR) is 127 cm³/mol. The highest BCUT2D eigenvalue weighted by atomic mass is 35.5. The van der Waals surface area contributed by atoms with Gasteiger partial charge in [-0.05, 0) is 43.2 Å². The summed E-state index contributed by atoms with van der Waals surface area (Å²) >= 11 is 14.8. The van der Waals surface area contributed by atoms with Gasteiger partial charge in [0.15, 0.2) is 11.0 Å². The van der Waals surface area contributed by atoms with E-state index >= 15 is 0 Å². The van der Waals surface area contributed by atoms with Gasteiger partial charge >= 0.3 is 0 Å². The van der Waals surface area contributed by atoms with Crippen LogP contribution in [-0.4, -0.2) is 31.4 Å². The Balaban J connectivity index is 1.37. The largest absolute Gasteiger partial charge is 0.397 e. The van der Waals surface area contributed by atoms with Crippen LogP contribution in [0.2, 0.25) is 10.0 Å². The summed E-state index contributed by atoms with van der Waals surface area (Å²) in [6.07, 6.45) is 3.86. The summed E-state index contributed by atoms with van der Waals surface area (Å²) in [5.41, 5.74) is 7.65. The van der Waals surface area contributed by atoms with Crippen LogP contribution in [0.4, 0.5) is 11.4 Å². The number of nitrogens with one attached hydrogen (secondary N) is 1. The van der Waals surface area contributed by atoms with Gasteiger partial charge in [0.05, 0.1) is 26.4 Å². The van der Waals surface area contributed by atoms with Gasteiger partial charge in [-0.15, -0.1) is 21.5 Å². The SMILES string of the molecule is Nc1c(-c2nnc(SCC(=O)Nc3ccc(Cl)c(Cl)c3)n2C2CC2)sc2ncccc12. The highest BCUT2D eigenvalue weighted by molar-refractivity contribution is 7.99. The zero-order valence-electron chi connectivity index (χ0n) is 16.0. The van der Waals surface area contributed by atoms with E-state index in [0.29, 0.717) is 32.6 Å². The number of hydrogen-bond acceptors (Lipinski definition) is 7. The molecule has 1 amide bonds. The number of thioether (sulfide) groups is 1. The third-order valence-corrected chi connectivity index (χ3v) is 7.63. The van der Waals surface area contributed by atoms with Gasteiger partial charge in [-0.3, -0.25) is 9.36 Å². The van der Waals surface area contributed by atoms with Crippen molar-refractivity contribution in [3.8, 4) is 10.7 Å². The quantitative estimate of drug-likeness (QED) is 0.345. The number of fused-ring (bicyclic) bond motifs is 1. The van der Waals surface area contributed by atoms with E-state index in [-0.39, 0.29) is 11.7 Å². The molecule has 0 aliphatic heterocycles. The monoisotopic (exact) mass is 490 g/mol. The van der Waals surface area contributed by atoms with E-state index in [9.17, 15) is 4.79 Å². The molecule has 11 heteroatoms. The van der Waals surface area contributed by atoms with Crippen LogP contribution in [0.3, 0.4) is 0 Å². The van der Waals surface area contributed by atoms with Crippen LogP contribution in [-0.2, 0) is 4.79 Å². The number of benzene rings is 1. The molecule has 1 fully saturated rings. The molecule has 0 atom stereocenters. The van der Waals surface area contributed by atoms with Crippen molar-refractivity contribution in [2.45, 2.75) is 24.0 Å². The fourth-order valence-corrected chi connectivity index (χ4v) is 5.36. The number of nitrogens with two attached hydrogens (primary N) is 1. The predicted octanol–water partition coefficient (Wildman–Crippen LogP) is 5.51. The molecule has 3 heterocycles. The second-order valence-corrected chi connectivity index (χ2v) is 9.83. The van der Waals surface area contributed by atoms with E-state index in [1.54, 1.807) is 24.4 Å². The molecule has 5 rings (SSSR count). The van der Waals surface area contributed by atoms with Gasteiger partial charge < -0.3 is 11.1 Å². The van der Waals surface area contributed by atoms with Crippen LogP contribution >= 0.6 is 46.3 Å². The third kappa shape index (κ3) is 4.10. The molecule has 0 bridgehead atoms. The van der Waals surface area contributed by atoms with Gasteiger partial charge in [-0.25, -0.2) is 4.98 Å².